The standard InChI is InChI=1S/C26H23N5O/c1-19-7-9-20(10-8-19)16-28-26(32)24-23-6-2-3-13-31(23)25(29-24)22-11-14-30(18-22)17-21-5-4-12-27-15-21/h2-15,18H,16-17H2,1H3,(H,28,32). The number of imidazole rings is 1. The van der Waals surface area contributed by atoms with Crippen molar-refractivity contribution in [1.29, 1.82) is 0 Å². The van der Waals surface area contributed by atoms with Crippen LogP contribution in [0.5, 0.6) is 0 Å². The van der Waals surface area contributed by atoms with Crippen molar-refractivity contribution in [2.24, 2.45) is 0 Å². The summed E-state index contributed by atoms with van der Waals surface area (Å²) in [6.07, 6.45) is 9.63. The molecular weight excluding hydrogens is 398 g/mol. The molecule has 0 saturated carbocycles. The summed E-state index contributed by atoms with van der Waals surface area (Å²) in [6.45, 7) is 3.23. The minimum Gasteiger partial charge on any atom is -0.349 e. The van der Waals surface area contributed by atoms with Gasteiger partial charge in [0.2, 0.25) is 0 Å². The zero-order chi connectivity index (χ0) is 21.9. The molecule has 0 saturated heterocycles. The Morgan fingerprint density at radius 2 is 1.84 bits per heavy atom. The normalized spacial score (nSPS) is 11.0. The first kappa shape index (κ1) is 19.8. The minimum atomic E-state index is -0.185. The van der Waals surface area contributed by atoms with E-state index in [4.69, 9.17) is 4.98 Å². The van der Waals surface area contributed by atoms with E-state index in [2.05, 4.69) is 14.9 Å². The van der Waals surface area contributed by atoms with Crippen molar-refractivity contribution < 1.29 is 4.79 Å². The molecule has 1 amide bonds. The lowest BCUT2D eigenvalue weighted by molar-refractivity contribution is 0.0948. The molecule has 5 rings (SSSR count). The van der Waals surface area contributed by atoms with Crippen molar-refractivity contribution >= 4 is 11.4 Å². The van der Waals surface area contributed by atoms with Crippen molar-refractivity contribution in [1.82, 2.24) is 24.3 Å². The molecule has 5 aromatic rings. The van der Waals surface area contributed by atoms with Gasteiger partial charge in [0.1, 0.15) is 5.82 Å². The first-order chi connectivity index (χ1) is 15.7. The summed E-state index contributed by atoms with van der Waals surface area (Å²) >= 11 is 0. The topological polar surface area (TPSA) is 64.2 Å². The van der Waals surface area contributed by atoms with Gasteiger partial charge in [-0.25, -0.2) is 4.98 Å². The molecule has 4 aromatic heterocycles. The first-order valence-corrected chi connectivity index (χ1v) is 10.5. The molecule has 0 spiro atoms. The summed E-state index contributed by atoms with van der Waals surface area (Å²) in [5.74, 6) is 0.557. The maximum absolute atomic E-state index is 13.0. The lowest BCUT2D eigenvalue weighted by atomic mass is 10.1. The Labute approximate surface area is 186 Å². The van der Waals surface area contributed by atoms with E-state index in [1.807, 2.05) is 96.8 Å². The number of hydrogen-bond acceptors (Lipinski definition) is 3. The number of amides is 1. The van der Waals surface area contributed by atoms with E-state index in [0.29, 0.717) is 12.2 Å². The van der Waals surface area contributed by atoms with E-state index < -0.39 is 0 Å². The molecule has 0 aliphatic carbocycles. The van der Waals surface area contributed by atoms with Crippen LogP contribution in [0.2, 0.25) is 0 Å². The Kier molecular flexibility index (Phi) is 5.25. The molecular formula is C26H23N5O. The smallest absolute Gasteiger partial charge is 0.272 e. The fourth-order valence-corrected chi connectivity index (χ4v) is 3.75. The fourth-order valence-electron chi connectivity index (χ4n) is 3.75. The summed E-state index contributed by atoms with van der Waals surface area (Å²) in [5, 5.41) is 3.00. The molecule has 0 aliphatic heterocycles. The number of nitrogens with zero attached hydrogens (tertiary/aromatic N) is 4. The van der Waals surface area contributed by atoms with Crippen LogP contribution in [0, 0.1) is 6.92 Å². The number of aryl methyl sites for hydroxylation is 1. The van der Waals surface area contributed by atoms with Crippen LogP contribution in [0.1, 0.15) is 27.2 Å². The number of aromatic nitrogens is 4. The van der Waals surface area contributed by atoms with Crippen molar-refractivity contribution in [3.63, 3.8) is 0 Å². The summed E-state index contributed by atoms with van der Waals surface area (Å²) in [7, 11) is 0. The Morgan fingerprint density at radius 1 is 0.969 bits per heavy atom. The summed E-state index contributed by atoms with van der Waals surface area (Å²) < 4.78 is 4.05. The van der Waals surface area contributed by atoms with E-state index in [-0.39, 0.29) is 5.91 Å². The van der Waals surface area contributed by atoms with Gasteiger partial charge < -0.3 is 9.88 Å². The second-order valence-corrected chi connectivity index (χ2v) is 7.84. The van der Waals surface area contributed by atoms with Crippen molar-refractivity contribution in [2.45, 2.75) is 20.0 Å². The molecule has 0 unspecified atom stereocenters. The van der Waals surface area contributed by atoms with E-state index in [1.54, 1.807) is 6.20 Å². The van der Waals surface area contributed by atoms with Gasteiger partial charge in [0.05, 0.1) is 5.52 Å². The molecule has 1 N–H and O–H groups in total. The van der Waals surface area contributed by atoms with Gasteiger partial charge in [-0.1, -0.05) is 42.0 Å². The number of pyridine rings is 2. The average Bonchev–Trinajstić information content (AvgIpc) is 3.44. The van der Waals surface area contributed by atoms with Crippen molar-refractivity contribution in [3.05, 3.63) is 114 Å². The largest absolute Gasteiger partial charge is 0.349 e. The molecule has 32 heavy (non-hydrogen) atoms. The third-order valence-corrected chi connectivity index (χ3v) is 5.43. The predicted octanol–water partition coefficient (Wildman–Crippen LogP) is 4.48. The molecule has 1 aromatic carbocycles. The van der Waals surface area contributed by atoms with Crippen LogP contribution in [-0.2, 0) is 13.1 Å². The van der Waals surface area contributed by atoms with Crippen molar-refractivity contribution in [2.75, 3.05) is 0 Å². The molecule has 4 heterocycles. The van der Waals surface area contributed by atoms with E-state index in [1.165, 1.54) is 5.56 Å². The summed E-state index contributed by atoms with van der Waals surface area (Å²) in [4.78, 5) is 21.9. The first-order valence-electron chi connectivity index (χ1n) is 10.5. The highest BCUT2D eigenvalue weighted by molar-refractivity contribution is 6.00. The minimum absolute atomic E-state index is 0.185. The van der Waals surface area contributed by atoms with Gasteiger partial charge in [0, 0.05) is 49.6 Å². The lowest BCUT2D eigenvalue weighted by Crippen LogP contribution is -2.23. The fraction of sp³-hybridized carbons (Fsp3) is 0.115. The molecule has 0 radical (unpaired) electrons. The highest BCUT2D eigenvalue weighted by Crippen LogP contribution is 2.23. The highest BCUT2D eigenvalue weighted by atomic mass is 16.1. The lowest BCUT2D eigenvalue weighted by Gasteiger charge is -2.04. The van der Waals surface area contributed by atoms with Crippen LogP contribution in [0.25, 0.3) is 16.9 Å². The number of carbonyl (C=O) groups excluding carboxylic acids is 1. The van der Waals surface area contributed by atoms with Crippen LogP contribution >= 0.6 is 0 Å². The number of rotatable bonds is 6. The van der Waals surface area contributed by atoms with Crippen LogP contribution in [-0.4, -0.2) is 24.8 Å². The van der Waals surface area contributed by atoms with Gasteiger partial charge >= 0.3 is 0 Å². The molecule has 6 nitrogen and oxygen atoms in total. The monoisotopic (exact) mass is 421 g/mol. The number of hydrogen-bond donors (Lipinski definition) is 1. The van der Waals surface area contributed by atoms with Crippen molar-refractivity contribution in [3.8, 4) is 11.4 Å². The summed E-state index contributed by atoms with van der Waals surface area (Å²) in [6, 6.07) is 19.9. The Hall–Kier alpha value is -4.19. The molecule has 0 atom stereocenters. The predicted molar refractivity (Wildman–Crippen MR) is 124 cm³/mol. The average molecular weight is 422 g/mol. The van der Waals surface area contributed by atoms with E-state index in [9.17, 15) is 4.79 Å². The van der Waals surface area contributed by atoms with Crippen LogP contribution in [0.15, 0.2) is 91.6 Å². The highest BCUT2D eigenvalue weighted by Gasteiger charge is 2.18. The van der Waals surface area contributed by atoms with Gasteiger partial charge in [-0.3, -0.25) is 14.2 Å². The van der Waals surface area contributed by atoms with Gasteiger partial charge in [-0.05, 0) is 42.3 Å². The number of fused-ring (bicyclic) bond motifs is 1. The summed E-state index contributed by atoms with van der Waals surface area (Å²) in [5.41, 5.74) is 5.53. The number of nitrogens with one attached hydrogen (secondary N) is 1. The van der Waals surface area contributed by atoms with E-state index in [0.717, 1.165) is 34.6 Å². The maximum atomic E-state index is 13.0. The molecule has 0 fully saturated rings. The molecule has 0 aliphatic rings. The quantitative estimate of drug-likeness (QED) is 0.440. The Morgan fingerprint density at radius 3 is 2.66 bits per heavy atom. The number of carbonyl (C=O) groups is 1. The Balaban J connectivity index is 1.41. The van der Waals surface area contributed by atoms with E-state index >= 15 is 0 Å². The third-order valence-electron chi connectivity index (χ3n) is 5.43. The van der Waals surface area contributed by atoms with Crippen LogP contribution < -0.4 is 5.32 Å². The zero-order valence-electron chi connectivity index (χ0n) is 17.8. The van der Waals surface area contributed by atoms with Gasteiger partial charge in [-0.15, -0.1) is 0 Å². The zero-order valence-corrected chi connectivity index (χ0v) is 17.8. The second kappa shape index (κ2) is 8.51. The van der Waals surface area contributed by atoms with Gasteiger partial charge in [0.15, 0.2) is 5.69 Å². The van der Waals surface area contributed by atoms with Crippen LogP contribution in [0.4, 0.5) is 0 Å². The molecule has 6 heteroatoms. The maximum Gasteiger partial charge on any atom is 0.272 e. The Bertz CT molecular complexity index is 1370. The molecule has 158 valence electrons. The van der Waals surface area contributed by atoms with Gasteiger partial charge in [-0.2, -0.15) is 0 Å². The number of benzene rings is 1. The van der Waals surface area contributed by atoms with Gasteiger partial charge in [0.25, 0.3) is 5.91 Å². The third kappa shape index (κ3) is 4.03. The second-order valence-electron chi connectivity index (χ2n) is 7.84. The van der Waals surface area contributed by atoms with Crippen LogP contribution in [0.3, 0.4) is 0 Å². The molecule has 0 bridgehead atoms. The SMILES string of the molecule is Cc1ccc(CNC(=O)c2nc(-c3ccn(Cc4cccnc4)c3)n3ccccc23)cc1.